The van der Waals surface area contributed by atoms with Gasteiger partial charge in [0.1, 0.15) is 24.0 Å². The highest BCUT2D eigenvalue weighted by atomic mass is 16.5. The van der Waals surface area contributed by atoms with Crippen molar-refractivity contribution in [1.82, 2.24) is 14.9 Å². The van der Waals surface area contributed by atoms with Gasteiger partial charge in [-0.15, -0.1) is 0 Å². The first-order valence-corrected chi connectivity index (χ1v) is 13.2. The molecule has 1 saturated heterocycles. The van der Waals surface area contributed by atoms with Crippen LogP contribution in [0.25, 0.3) is 0 Å². The molecule has 4 heterocycles. The van der Waals surface area contributed by atoms with Crippen LogP contribution < -0.4 is 31.1 Å². The van der Waals surface area contributed by atoms with Crippen molar-refractivity contribution in [2.24, 2.45) is 0 Å². The second-order valence-corrected chi connectivity index (χ2v) is 9.66. The average Bonchev–Trinajstić information content (AvgIpc) is 2.98. The molecule has 0 radical (unpaired) electrons. The van der Waals surface area contributed by atoms with Crippen LogP contribution in [-0.4, -0.2) is 79.2 Å². The Morgan fingerprint density at radius 2 is 1.85 bits per heavy atom. The Hall–Kier alpha value is -4.58. The van der Waals surface area contributed by atoms with E-state index in [1.165, 1.54) is 13.3 Å². The van der Waals surface area contributed by atoms with Crippen molar-refractivity contribution in [3.05, 3.63) is 64.2 Å². The van der Waals surface area contributed by atoms with Gasteiger partial charge < -0.3 is 40.2 Å². The molecule has 0 spiro atoms. The first-order valence-electron chi connectivity index (χ1n) is 13.2. The minimum absolute atomic E-state index is 0.00583. The Labute approximate surface area is 231 Å². The first-order chi connectivity index (χ1) is 19.4. The van der Waals surface area contributed by atoms with E-state index in [1.54, 1.807) is 31.3 Å². The van der Waals surface area contributed by atoms with Gasteiger partial charge in [-0.1, -0.05) is 0 Å². The zero-order valence-electron chi connectivity index (χ0n) is 22.7. The monoisotopic (exact) mass is 547 g/mol. The van der Waals surface area contributed by atoms with Gasteiger partial charge in [0.05, 0.1) is 17.6 Å². The number of methoxy groups -OCH3 is 1. The summed E-state index contributed by atoms with van der Waals surface area (Å²) in [7, 11) is 1.53. The number of hydrogen-bond acceptors (Lipinski definition) is 9. The maximum Gasteiger partial charge on any atom is 0.263 e. The second-order valence-electron chi connectivity index (χ2n) is 9.66. The smallest absolute Gasteiger partial charge is 0.263 e. The van der Waals surface area contributed by atoms with Crippen molar-refractivity contribution in [2.45, 2.75) is 20.0 Å². The fourth-order valence-corrected chi connectivity index (χ4v) is 4.79. The summed E-state index contributed by atoms with van der Waals surface area (Å²) in [5.74, 6) is -0.0205. The second kappa shape index (κ2) is 11.7. The van der Waals surface area contributed by atoms with Crippen molar-refractivity contribution >= 4 is 40.3 Å². The summed E-state index contributed by atoms with van der Waals surface area (Å²) in [6, 6.07) is 9.06. The van der Waals surface area contributed by atoms with Crippen molar-refractivity contribution in [3.63, 3.8) is 0 Å². The molecule has 2 aromatic heterocycles. The number of anilines is 5. The standard InChI is InChI=1S/C28H33N7O5/c1-17-22(16-31-27-24(17)29-10-15-40-27)33-21-8-9-30-25(36)23(21)26(37)32-19-4-6-20(7-5-19)34-11-13-35(14-12-34)28(38)18(2)39-3/h4-9,16,18,29H,10-15H2,1-3H3,(H,32,37)(H2,30,33,36)/t18-/m1/s1. The molecule has 2 aliphatic heterocycles. The zero-order valence-corrected chi connectivity index (χ0v) is 22.7. The maximum atomic E-state index is 13.3. The number of rotatable bonds is 7. The van der Waals surface area contributed by atoms with E-state index in [9.17, 15) is 14.4 Å². The fraction of sp³-hybridized carbons (Fsp3) is 0.357. The predicted octanol–water partition coefficient (Wildman–Crippen LogP) is 2.56. The summed E-state index contributed by atoms with van der Waals surface area (Å²) in [5, 5.41) is 9.30. The number of hydrogen-bond donors (Lipinski definition) is 4. The lowest BCUT2D eigenvalue weighted by Gasteiger charge is -2.37. The van der Waals surface area contributed by atoms with Crippen LogP contribution in [-0.2, 0) is 9.53 Å². The van der Waals surface area contributed by atoms with Gasteiger partial charge in [0.2, 0.25) is 5.88 Å². The van der Waals surface area contributed by atoms with E-state index in [4.69, 9.17) is 9.47 Å². The quantitative estimate of drug-likeness (QED) is 0.351. The molecule has 0 saturated carbocycles. The highest BCUT2D eigenvalue weighted by molar-refractivity contribution is 6.08. The van der Waals surface area contributed by atoms with Crippen LogP contribution in [0.15, 0.2) is 47.5 Å². The summed E-state index contributed by atoms with van der Waals surface area (Å²) in [6.45, 7) is 7.49. The van der Waals surface area contributed by atoms with Gasteiger partial charge in [0.15, 0.2) is 0 Å². The van der Waals surface area contributed by atoms with E-state index in [-0.39, 0.29) is 11.5 Å². The van der Waals surface area contributed by atoms with Crippen molar-refractivity contribution in [1.29, 1.82) is 0 Å². The van der Waals surface area contributed by atoms with Crippen LogP contribution >= 0.6 is 0 Å². The lowest BCUT2D eigenvalue weighted by atomic mass is 10.1. The Morgan fingerprint density at radius 3 is 2.58 bits per heavy atom. The molecule has 40 heavy (non-hydrogen) atoms. The molecule has 1 aromatic carbocycles. The molecule has 1 atom stereocenters. The molecule has 0 aliphatic carbocycles. The third kappa shape index (κ3) is 5.57. The Kier molecular flexibility index (Phi) is 7.87. The summed E-state index contributed by atoms with van der Waals surface area (Å²) in [6.07, 6.45) is 2.66. The number of aromatic nitrogens is 2. The van der Waals surface area contributed by atoms with E-state index < -0.39 is 17.6 Å². The van der Waals surface area contributed by atoms with Crippen LogP contribution in [0.4, 0.5) is 28.4 Å². The molecular formula is C28H33N7O5. The topological polar surface area (TPSA) is 141 Å². The number of ether oxygens (including phenoxy) is 2. The average molecular weight is 548 g/mol. The Morgan fingerprint density at radius 1 is 1.10 bits per heavy atom. The highest BCUT2D eigenvalue weighted by Crippen LogP contribution is 2.34. The van der Waals surface area contributed by atoms with Gasteiger partial charge in [-0.2, -0.15) is 0 Å². The number of fused-ring (bicyclic) bond motifs is 1. The minimum Gasteiger partial charge on any atom is -0.474 e. The summed E-state index contributed by atoms with van der Waals surface area (Å²) < 4.78 is 10.7. The van der Waals surface area contributed by atoms with Crippen LogP contribution in [0.1, 0.15) is 22.8 Å². The largest absolute Gasteiger partial charge is 0.474 e. The molecule has 2 amide bonds. The molecule has 1 fully saturated rings. The van der Waals surface area contributed by atoms with Gasteiger partial charge in [0.25, 0.3) is 17.4 Å². The maximum absolute atomic E-state index is 13.3. The first kappa shape index (κ1) is 27.0. The van der Waals surface area contributed by atoms with E-state index >= 15 is 0 Å². The number of aromatic amines is 1. The van der Waals surface area contributed by atoms with Gasteiger partial charge in [-0.3, -0.25) is 14.4 Å². The molecular weight excluding hydrogens is 514 g/mol. The third-order valence-corrected chi connectivity index (χ3v) is 7.19. The lowest BCUT2D eigenvalue weighted by molar-refractivity contribution is -0.141. The number of nitrogens with zero attached hydrogens (tertiary/aromatic N) is 3. The molecule has 0 unspecified atom stereocenters. The summed E-state index contributed by atoms with van der Waals surface area (Å²) >= 11 is 0. The number of amides is 2. The third-order valence-electron chi connectivity index (χ3n) is 7.19. The predicted molar refractivity (Wildman–Crippen MR) is 153 cm³/mol. The van der Waals surface area contributed by atoms with Crippen molar-refractivity contribution in [2.75, 3.05) is 67.3 Å². The van der Waals surface area contributed by atoms with Gasteiger partial charge in [-0.05, 0) is 44.2 Å². The molecule has 5 rings (SSSR count). The van der Waals surface area contributed by atoms with Crippen LogP contribution in [0.5, 0.6) is 5.88 Å². The van der Waals surface area contributed by atoms with Crippen LogP contribution in [0.3, 0.4) is 0 Å². The number of benzene rings is 1. The Balaban J connectivity index is 1.26. The van der Waals surface area contributed by atoms with E-state index in [2.05, 4.69) is 30.8 Å². The summed E-state index contributed by atoms with van der Waals surface area (Å²) in [4.78, 5) is 49.3. The zero-order chi connectivity index (χ0) is 28.2. The lowest BCUT2D eigenvalue weighted by Crippen LogP contribution is -2.51. The van der Waals surface area contributed by atoms with Gasteiger partial charge in [0, 0.05) is 63.0 Å². The SMILES string of the molecule is CO[C@H](C)C(=O)N1CCN(c2ccc(NC(=O)c3c(Nc4cnc5c(c4C)NCCO5)cc[nH]c3=O)cc2)CC1. The number of pyridine rings is 2. The number of carbonyl (C=O) groups excluding carboxylic acids is 2. The van der Waals surface area contributed by atoms with Crippen LogP contribution in [0.2, 0.25) is 0 Å². The van der Waals surface area contributed by atoms with Crippen molar-refractivity contribution in [3.8, 4) is 5.88 Å². The van der Waals surface area contributed by atoms with E-state index in [1.807, 2.05) is 24.0 Å². The number of carbonyl (C=O) groups is 2. The van der Waals surface area contributed by atoms with E-state index in [0.717, 1.165) is 16.9 Å². The molecule has 210 valence electrons. The number of piperazine rings is 1. The van der Waals surface area contributed by atoms with Crippen LogP contribution in [0, 0.1) is 6.92 Å². The normalized spacial score (nSPS) is 15.4. The highest BCUT2D eigenvalue weighted by Gasteiger charge is 2.25. The Bertz CT molecular complexity index is 1450. The van der Waals surface area contributed by atoms with Gasteiger partial charge >= 0.3 is 0 Å². The molecule has 4 N–H and O–H groups in total. The van der Waals surface area contributed by atoms with Gasteiger partial charge in [-0.25, -0.2) is 4.98 Å². The van der Waals surface area contributed by atoms with Crippen molar-refractivity contribution < 1.29 is 19.1 Å². The number of nitrogens with one attached hydrogen (secondary N) is 4. The molecule has 3 aromatic rings. The number of H-pyrrole nitrogens is 1. The molecule has 12 nitrogen and oxygen atoms in total. The van der Waals surface area contributed by atoms with E-state index in [0.29, 0.717) is 62.3 Å². The summed E-state index contributed by atoms with van der Waals surface area (Å²) in [5.41, 5.74) is 3.64. The molecule has 12 heteroatoms. The minimum atomic E-state index is -0.540. The molecule has 2 aliphatic rings. The fourth-order valence-electron chi connectivity index (χ4n) is 4.79. The molecule has 0 bridgehead atoms.